The van der Waals surface area contributed by atoms with E-state index < -0.39 is 4.92 Å². The van der Waals surface area contributed by atoms with Crippen LogP contribution in [0.25, 0.3) is 0 Å². The smallest absolute Gasteiger partial charge is 0.272 e. The van der Waals surface area contributed by atoms with Crippen LogP contribution in [0.2, 0.25) is 0 Å². The third-order valence-electron chi connectivity index (χ3n) is 2.41. The standard InChI is InChI=1S/C11H13NO3/c1-3-9-6-10(8(2)7-13)4-5-11(9)12(14)15/h4-8H,3H2,1-2H3. The van der Waals surface area contributed by atoms with E-state index in [0.29, 0.717) is 12.0 Å². The first-order valence-electron chi connectivity index (χ1n) is 4.82. The number of aryl methyl sites for hydroxylation is 1. The van der Waals surface area contributed by atoms with E-state index in [0.717, 1.165) is 11.8 Å². The number of nitro groups is 1. The van der Waals surface area contributed by atoms with Crippen LogP contribution in [0, 0.1) is 10.1 Å². The van der Waals surface area contributed by atoms with Gasteiger partial charge in [0.15, 0.2) is 0 Å². The number of nitro benzene ring substituents is 1. The molecule has 0 saturated carbocycles. The van der Waals surface area contributed by atoms with Gasteiger partial charge in [-0.2, -0.15) is 0 Å². The van der Waals surface area contributed by atoms with Crippen LogP contribution < -0.4 is 0 Å². The predicted molar refractivity (Wildman–Crippen MR) is 57.0 cm³/mol. The third-order valence-corrected chi connectivity index (χ3v) is 2.41. The molecule has 0 amide bonds. The zero-order valence-corrected chi connectivity index (χ0v) is 8.77. The van der Waals surface area contributed by atoms with Crippen molar-refractivity contribution < 1.29 is 9.72 Å². The highest BCUT2D eigenvalue weighted by molar-refractivity contribution is 5.62. The van der Waals surface area contributed by atoms with Gasteiger partial charge in [-0.25, -0.2) is 0 Å². The number of carbonyl (C=O) groups excluding carboxylic acids is 1. The van der Waals surface area contributed by atoms with Crippen molar-refractivity contribution in [3.05, 3.63) is 39.4 Å². The molecule has 1 atom stereocenters. The molecule has 0 aliphatic heterocycles. The van der Waals surface area contributed by atoms with E-state index in [4.69, 9.17) is 0 Å². The van der Waals surface area contributed by atoms with Gasteiger partial charge in [0.2, 0.25) is 0 Å². The van der Waals surface area contributed by atoms with Gasteiger partial charge in [-0.15, -0.1) is 0 Å². The molecule has 80 valence electrons. The molecule has 1 unspecified atom stereocenters. The van der Waals surface area contributed by atoms with E-state index in [9.17, 15) is 14.9 Å². The number of carbonyl (C=O) groups is 1. The Morgan fingerprint density at radius 1 is 1.53 bits per heavy atom. The van der Waals surface area contributed by atoms with Gasteiger partial charge in [-0.05, 0) is 18.1 Å². The summed E-state index contributed by atoms with van der Waals surface area (Å²) >= 11 is 0. The highest BCUT2D eigenvalue weighted by Crippen LogP contribution is 2.23. The lowest BCUT2D eigenvalue weighted by atomic mass is 9.98. The second-order valence-corrected chi connectivity index (χ2v) is 3.42. The van der Waals surface area contributed by atoms with Crippen molar-refractivity contribution in [2.24, 2.45) is 0 Å². The van der Waals surface area contributed by atoms with Gasteiger partial charge in [0, 0.05) is 17.5 Å². The molecule has 15 heavy (non-hydrogen) atoms. The fourth-order valence-electron chi connectivity index (χ4n) is 1.43. The largest absolute Gasteiger partial charge is 0.303 e. The molecule has 0 radical (unpaired) electrons. The predicted octanol–water partition coefficient (Wildman–Crippen LogP) is 2.46. The molecule has 0 fully saturated rings. The lowest BCUT2D eigenvalue weighted by molar-refractivity contribution is -0.385. The zero-order chi connectivity index (χ0) is 11.4. The minimum absolute atomic E-state index is 0.124. The lowest BCUT2D eigenvalue weighted by Gasteiger charge is -2.06. The highest BCUT2D eigenvalue weighted by atomic mass is 16.6. The van der Waals surface area contributed by atoms with E-state index in [1.807, 2.05) is 6.92 Å². The summed E-state index contributed by atoms with van der Waals surface area (Å²) in [6.45, 7) is 3.63. The summed E-state index contributed by atoms with van der Waals surface area (Å²) in [5, 5.41) is 10.7. The van der Waals surface area contributed by atoms with Gasteiger partial charge in [-0.1, -0.05) is 19.9 Å². The summed E-state index contributed by atoms with van der Waals surface area (Å²) < 4.78 is 0. The Hall–Kier alpha value is -1.71. The topological polar surface area (TPSA) is 60.2 Å². The van der Waals surface area contributed by atoms with Crippen molar-refractivity contribution in [3.63, 3.8) is 0 Å². The number of nitrogens with zero attached hydrogens (tertiary/aromatic N) is 1. The SMILES string of the molecule is CCc1cc(C(C)C=O)ccc1[N+](=O)[O-]. The van der Waals surface area contributed by atoms with Crippen LogP contribution in [-0.2, 0) is 11.2 Å². The van der Waals surface area contributed by atoms with Gasteiger partial charge in [0.05, 0.1) is 4.92 Å². The molecule has 4 nitrogen and oxygen atoms in total. The van der Waals surface area contributed by atoms with Gasteiger partial charge < -0.3 is 4.79 Å². The molecular weight excluding hydrogens is 194 g/mol. The third kappa shape index (κ3) is 2.40. The Labute approximate surface area is 88.1 Å². The van der Waals surface area contributed by atoms with E-state index in [-0.39, 0.29) is 11.6 Å². The summed E-state index contributed by atoms with van der Waals surface area (Å²) in [6, 6.07) is 4.84. The quantitative estimate of drug-likeness (QED) is 0.433. The molecule has 1 aromatic carbocycles. The van der Waals surface area contributed by atoms with Crippen LogP contribution in [0.15, 0.2) is 18.2 Å². The first kappa shape index (κ1) is 11.4. The molecule has 4 heteroatoms. The Morgan fingerprint density at radius 3 is 2.67 bits per heavy atom. The molecule has 1 rings (SSSR count). The molecule has 0 aliphatic carbocycles. The maximum atomic E-state index is 10.7. The van der Waals surface area contributed by atoms with Crippen molar-refractivity contribution in [2.45, 2.75) is 26.2 Å². The second kappa shape index (κ2) is 4.68. The average Bonchev–Trinajstić information content (AvgIpc) is 2.26. The fourth-order valence-corrected chi connectivity index (χ4v) is 1.43. The van der Waals surface area contributed by atoms with Gasteiger partial charge in [0.1, 0.15) is 6.29 Å². The average molecular weight is 207 g/mol. The number of rotatable bonds is 4. The Kier molecular flexibility index (Phi) is 3.55. The molecule has 0 heterocycles. The summed E-state index contributed by atoms with van der Waals surface area (Å²) in [5.74, 6) is -0.212. The zero-order valence-electron chi connectivity index (χ0n) is 8.77. The van der Waals surface area contributed by atoms with Crippen LogP contribution in [0.4, 0.5) is 5.69 Å². The number of hydrogen-bond donors (Lipinski definition) is 0. The van der Waals surface area contributed by atoms with Crippen LogP contribution in [0.3, 0.4) is 0 Å². The molecule has 0 aliphatic rings. The van der Waals surface area contributed by atoms with Crippen molar-refractivity contribution in [1.29, 1.82) is 0 Å². The van der Waals surface area contributed by atoms with E-state index in [1.54, 1.807) is 19.1 Å². The Bertz CT molecular complexity index is 387. The first-order valence-corrected chi connectivity index (χ1v) is 4.82. The van der Waals surface area contributed by atoms with Crippen molar-refractivity contribution in [2.75, 3.05) is 0 Å². The van der Waals surface area contributed by atoms with Crippen LogP contribution >= 0.6 is 0 Å². The Balaban J connectivity index is 3.18. The fraction of sp³-hybridized carbons (Fsp3) is 0.364. The van der Waals surface area contributed by atoms with E-state index >= 15 is 0 Å². The normalized spacial score (nSPS) is 12.1. The van der Waals surface area contributed by atoms with Crippen LogP contribution in [0.1, 0.15) is 30.9 Å². The van der Waals surface area contributed by atoms with Gasteiger partial charge >= 0.3 is 0 Å². The van der Waals surface area contributed by atoms with Crippen molar-refractivity contribution in [3.8, 4) is 0 Å². The van der Waals surface area contributed by atoms with Gasteiger partial charge in [-0.3, -0.25) is 10.1 Å². The summed E-state index contributed by atoms with van der Waals surface area (Å²) in [6.07, 6.45) is 1.43. The molecule has 1 aromatic rings. The monoisotopic (exact) mass is 207 g/mol. The van der Waals surface area contributed by atoms with E-state index in [2.05, 4.69) is 0 Å². The maximum absolute atomic E-state index is 10.7. The summed E-state index contributed by atoms with van der Waals surface area (Å²) in [7, 11) is 0. The van der Waals surface area contributed by atoms with E-state index in [1.165, 1.54) is 6.07 Å². The van der Waals surface area contributed by atoms with Crippen molar-refractivity contribution >= 4 is 12.0 Å². The minimum atomic E-state index is -0.395. The molecule has 0 spiro atoms. The maximum Gasteiger partial charge on any atom is 0.272 e. The lowest BCUT2D eigenvalue weighted by Crippen LogP contribution is -1.99. The second-order valence-electron chi connectivity index (χ2n) is 3.42. The van der Waals surface area contributed by atoms with Crippen LogP contribution in [0.5, 0.6) is 0 Å². The molecule has 0 N–H and O–H groups in total. The molecular formula is C11H13NO3. The van der Waals surface area contributed by atoms with Gasteiger partial charge in [0.25, 0.3) is 5.69 Å². The number of aldehydes is 1. The molecule has 0 bridgehead atoms. The van der Waals surface area contributed by atoms with Crippen molar-refractivity contribution in [1.82, 2.24) is 0 Å². The Morgan fingerprint density at radius 2 is 2.20 bits per heavy atom. The highest BCUT2D eigenvalue weighted by Gasteiger charge is 2.14. The molecule has 0 aromatic heterocycles. The van der Waals surface area contributed by atoms with Crippen LogP contribution in [-0.4, -0.2) is 11.2 Å². The summed E-state index contributed by atoms with van der Waals surface area (Å²) in [5.41, 5.74) is 1.62. The minimum Gasteiger partial charge on any atom is -0.303 e. The number of hydrogen-bond acceptors (Lipinski definition) is 3. The first-order chi connectivity index (χ1) is 7.10. The number of benzene rings is 1. The molecule has 0 saturated heterocycles. The summed E-state index contributed by atoms with van der Waals surface area (Å²) in [4.78, 5) is 20.9.